The molecule has 0 heterocycles. The van der Waals surface area contributed by atoms with Gasteiger partial charge in [-0.25, -0.2) is 0 Å². The summed E-state index contributed by atoms with van der Waals surface area (Å²) in [6.07, 6.45) is 1.33. The van der Waals surface area contributed by atoms with Crippen LogP contribution in [0.2, 0.25) is 0 Å². The number of nitrogens with one attached hydrogen (secondary N) is 1. The normalized spacial score (nSPS) is 12.2. The second-order valence-corrected chi connectivity index (χ2v) is 2.90. The van der Waals surface area contributed by atoms with Gasteiger partial charge >= 0.3 is 0 Å². The van der Waals surface area contributed by atoms with Crippen LogP contribution in [0.4, 0.5) is 0 Å². The summed E-state index contributed by atoms with van der Waals surface area (Å²) in [5, 5.41) is 2.64. The maximum Gasteiger partial charge on any atom is 0.236 e. The van der Waals surface area contributed by atoms with Crippen LogP contribution in [0.25, 0.3) is 0 Å². The molecule has 0 rings (SSSR count). The number of amides is 2. The standard InChI is InChI=1S/C8H17N3O2/c1-2-5-11-8(13)6(9)3-4-7(10)12/h6H,2-5,9H2,1H3,(H2,10,12)(H,11,13)/t6-/m0/s1. The van der Waals surface area contributed by atoms with E-state index in [-0.39, 0.29) is 12.3 Å². The molecule has 0 aliphatic rings. The first-order valence-electron chi connectivity index (χ1n) is 4.39. The molecule has 0 aromatic rings. The van der Waals surface area contributed by atoms with Gasteiger partial charge in [-0.1, -0.05) is 6.92 Å². The Kier molecular flexibility index (Phi) is 5.88. The van der Waals surface area contributed by atoms with E-state index in [1.165, 1.54) is 0 Å². The number of hydrogen-bond donors (Lipinski definition) is 3. The Morgan fingerprint density at radius 1 is 1.46 bits per heavy atom. The van der Waals surface area contributed by atoms with Crippen molar-refractivity contribution < 1.29 is 9.59 Å². The molecule has 0 radical (unpaired) electrons. The second-order valence-electron chi connectivity index (χ2n) is 2.90. The fourth-order valence-corrected chi connectivity index (χ4v) is 0.808. The number of carbonyl (C=O) groups excluding carboxylic acids is 2. The zero-order valence-corrected chi connectivity index (χ0v) is 7.88. The quantitative estimate of drug-likeness (QED) is 0.503. The topological polar surface area (TPSA) is 98.2 Å². The molecule has 13 heavy (non-hydrogen) atoms. The molecule has 0 saturated heterocycles. The molecule has 0 aromatic heterocycles. The minimum Gasteiger partial charge on any atom is -0.370 e. The Morgan fingerprint density at radius 3 is 2.54 bits per heavy atom. The van der Waals surface area contributed by atoms with Crippen LogP contribution in [0.15, 0.2) is 0 Å². The Hall–Kier alpha value is -1.10. The van der Waals surface area contributed by atoms with Gasteiger partial charge < -0.3 is 16.8 Å². The number of carbonyl (C=O) groups is 2. The molecule has 1 atom stereocenters. The summed E-state index contributed by atoms with van der Waals surface area (Å²) >= 11 is 0. The molecule has 2 amide bonds. The highest BCUT2D eigenvalue weighted by Crippen LogP contribution is 1.93. The Balaban J connectivity index is 3.62. The lowest BCUT2D eigenvalue weighted by molar-refractivity contribution is -0.122. The van der Waals surface area contributed by atoms with Crippen LogP contribution >= 0.6 is 0 Å². The van der Waals surface area contributed by atoms with Crippen LogP contribution in [-0.2, 0) is 9.59 Å². The van der Waals surface area contributed by atoms with E-state index in [0.29, 0.717) is 13.0 Å². The van der Waals surface area contributed by atoms with Gasteiger partial charge in [0.2, 0.25) is 11.8 Å². The molecular formula is C8H17N3O2. The monoisotopic (exact) mass is 187 g/mol. The SMILES string of the molecule is CCCNC(=O)[C@@H](N)CCC(N)=O. The van der Waals surface area contributed by atoms with E-state index in [9.17, 15) is 9.59 Å². The lowest BCUT2D eigenvalue weighted by atomic mass is 10.1. The third kappa shape index (κ3) is 6.10. The summed E-state index contributed by atoms with van der Waals surface area (Å²) in [6, 6.07) is -0.626. The van der Waals surface area contributed by atoms with Crippen molar-refractivity contribution in [2.75, 3.05) is 6.54 Å². The highest BCUT2D eigenvalue weighted by atomic mass is 16.2. The molecule has 0 spiro atoms. The van der Waals surface area contributed by atoms with Crippen LogP contribution < -0.4 is 16.8 Å². The van der Waals surface area contributed by atoms with Crippen molar-refractivity contribution in [3.63, 3.8) is 0 Å². The maximum absolute atomic E-state index is 11.1. The van der Waals surface area contributed by atoms with Crippen molar-refractivity contribution in [1.82, 2.24) is 5.32 Å². The zero-order valence-electron chi connectivity index (χ0n) is 7.88. The van der Waals surface area contributed by atoms with Crippen molar-refractivity contribution in [1.29, 1.82) is 0 Å². The fraction of sp³-hybridized carbons (Fsp3) is 0.750. The molecule has 5 N–H and O–H groups in total. The van der Waals surface area contributed by atoms with Gasteiger partial charge in [0, 0.05) is 13.0 Å². The van der Waals surface area contributed by atoms with Gasteiger partial charge in [-0.15, -0.1) is 0 Å². The highest BCUT2D eigenvalue weighted by Gasteiger charge is 2.12. The Bertz CT molecular complexity index is 182. The first-order chi connectivity index (χ1) is 6.07. The third-order valence-corrected chi connectivity index (χ3v) is 1.59. The summed E-state index contributed by atoms with van der Waals surface area (Å²) in [7, 11) is 0. The lowest BCUT2D eigenvalue weighted by Gasteiger charge is -2.10. The first-order valence-corrected chi connectivity index (χ1v) is 4.39. The maximum atomic E-state index is 11.1. The van der Waals surface area contributed by atoms with E-state index < -0.39 is 11.9 Å². The first kappa shape index (κ1) is 11.9. The number of rotatable bonds is 6. The van der Waals surface area contributed by atoms with Gasteiger partial charge in [-0.05, 0) is 12.8 Å². The molecule has 5 heteroatoms. The highest BCUT2D eigenvalue weighted by molar-refractivity contribution is 5.82. The van der Waals surface area contributed by atoms with Gasteiger partial charge in [0.15, 0.2) is 0 Å². The minimum absolute atomic E-state index is 0.153. The lowest BCUT2D eigenvalue weighted by Crippen LogP contribution is -2.41. The Morgan fingerprint density at radius 2 is 2.08 bits per heavy atom. The van der Waals surface area contributed by atoms with Crippen LogP contribution in [0.5, 0.6) is 0 Å². The van der Waals surface area contributed by atoms with E-state index in [4.69, 9.17) is 11.5 Å². The molecule has 0 unspecified atom stereocenters. The summed E-state index contributed by atoms with van der Waals surface area (Å²) in [5.41, 5.74) is 10.4. The van der Waals surface area contributed by atoms with E-state index in [0.717, 1.165) is 6.42 Å². The summed E-state index contributed by atoms with van der Waals surface area (Å²) < 4.78 is 0. The van der Waals surface area contributed by atoms with Gasteiger partial charge in [0.05, 0.1) is 6.04 Å². The van der Waals surface area contributed by atoms with E-state index in [1.807, 2.05) is 6.92 Å². The predicted octanol–water partition coefficient (Wildman–Crippen LogP) is -0.895. The summed E-state index contributed by atoms with van der Waals surface area (Å²) in [5.74, 6) is -0.651. The molecule has 0 aliphatic carbocycles. The number of primary amides is 1. The number of hydrogen-bond acceptors (Lipinski definition) is 3. The van der Waals surface area contributed by atoms with Crippen molar-refractivity contribution in [2.24, 2.45) is 11.5 Å². The van der Waals surface area contributed by atoms with Crippen molar-refractivity contribution in [3.8, 4) is 0 Å². The van der Waals surface area contributed by atoms with Crippen molar-refractivity contribution in [2.45, 2.75) is 32.2 Å². The molecule has 0 aliphatic heterocycles. The van der Waals surface area contributed by atoms with Crippen LogP contribution in [0, 0.1) is 0 Å². The molecule has 0 fully saturated rings. The van der Waals surface area contributed by atoms with E-state index in [1.54, 1.807) is 0 Å². The van der Waals surface area contributed by atoms with Gasteiger partial charge in [-0.2, -0.15) is 0 Å². The minimum atomic E-state index is -0.626. The van der Waals surface area contributed by atoms with E-state index in [2.05, 4.69) is 5.32 Å². The predicted molar refractivity (Wildman–Crippen MR) is 49.7 cm³/mol. The largest absolute Gasteiger partial charge is 0.370 e. The van der Waals surface area contributed by atoms with Gasteiger partial charge in [0.1, 0.15) is 0 Å². The van der Waals surface area contributed by atoms with Crippen LogP contribution in [-0.4, -0.2) is 24.4 Å². The fourth-order valence-electron chi connectivity index (χ4n) is 0.808. The average Bonchev–Trinajstić information content (AvgIpc) is 2.10. The molecule has 5 nitrogen and oxygen atoms in total. The molecule has 0 saturated carbocycles. The van der Waals surface area contributed by atoms with E-state index >= 15 is 0 Å². The number of nitrogens with two attached hydrogens (primary N) is 2. The summed E-state index contributed by atoms with van der Waals surface area (Å²) in [6.45, 7) is 2.57. The van der Waals surface area contributed by atoms with Crippen molar-refractivity contribution >= 4 is 11.8 Å². The van der Waals surface area contributed by atoms with Crippen LogP contribution in [0.3, 0.4) is 0 Å². The molecule has 0 bridgehead atoms. The average molecular weight is 187 g/mol. The molecule has 0 aromatic carbocycles. The molecule has 76 valence electrons. The van der Waals surface area contributed by atoms with Crippen molar-refractivity contribution in [3.05, 3.63) is 0 Å². The van der Waals surface area contributed by atoms with Gasteiger partial charge in [0.25, 0.3) is 0 Å². The molecular weight excluding hydrogens is 170 g/mol. The third-order valence-electron chi connectivity index (χ3n) is 1.59. The van der Waals surface area contributed by atoms with Gasteiger partial charge in [-0.3, -0.25) is 9.59 Å². The van der Waals surface area contributed by atoms with Crippen LogP contribution in [0.1, 0.15) is 26.2 Å². The smallest absolute Gasteiger partial charge is 0.236 e. The summed E-state index contributed by atoms with van der Waals surface area (Å²) in [4.78, 5) is 21.5. The zero-order chi connectivity index (χ0) is 10.3. The second kappa shape index (κ2) is 6.42. The Labute approximate surface area is 77.8 Å².